The Balaban J connectivity index is 2.10. The average Bonchev–Trinajstić information content (AvgIpc) is 2.87. The predicted octanol–water partition coefficient (Wildman–Crippen LogP) is 3.33. The maximum atomic E-state index is 13.8. The number of halogens is 2. The minimum Gasteiger partial charge on any atom is -0.342 e. The van der Waals surface area contributed by atoms with Gasteiger partial charge in [0.25, 0.3) is 0 Å². The van der Waals surface area contributed by atoms with Crippen LogP contribution in [0.25, 0.3) is 11.3 Å². The minimum absolute atomic E-state index is 0.216. The van der Waals surface area contributed by atoms with Crippen LogP contribution in [0.5, 0.6) is 0 Å². The van der Waals surface area contributed by atoms with Crippen molar-refractivity contribution in [3.8, 4) is 11.3 Å². The number of hydrogen-bond donors (Lipinski definition) is 2. The molecule has 0 spiro atoms. The predicted molar refractivity (Wildman–Crippen MR) is 75.3 cm³/mol. The van der Waals surface area contributed by atoms with E-state index in [-0.39, 0.29) is 5.56 Å². The molecule has 0 amide bonds. The molecule has 5 heteroatoms. The van der Waals surface area contributed by atoms with E-state index in [1.54, 1.807) is 6.20 Å². The van der Waals surface area contributed by atoms with E-state index in [0.29, 0.717) is 17.8 Å². The van der Waals surface area contributed by atoms with E-state index in [0.717, 1.165) is 31.5 Å². The highest BCUT2D eigenvalue weighted by molar-refractivity contribution is 5.60. The summed E-state index contributed by atoms with van der Waals surface area (Å²) < 4.78 is 27.4. The molecule has 0 atom stereocenters. The van der Waals surface area contributed by atoms with Crippen molar-refractivity contribution in [3.63, 3.8) is 0 Å². The molecule has 108 valence electrons. The van der Waals surface area contributed by atoms with E-state index in [2.05, 4.69) is 9.97 Å². The molecule has 0 bridgehead atoms. The molecule has 0 unspecified atom stereocenters. The smallest absolute Gasteiger partial charge is 0.133 e. The lowest BCUT2D eigenvalue weighted by Gasteiger charge is -2.03. The zero-order valence-corrected chi connectivity index (χ0v) is 11.5. The fraction of sp³-hybridized carbons (Fsp3) is 0.400. The summed E-state index contributed by atoms with van der Waals surface area (Å²) in [5, 5.41) is 0. The molecule has 2 aromatic rings. The highest BCUT2D eigenvalue weighted by Crippen LogP contribution is 2.24. The van der Waals surface area contributed by atoms with Gasteiger partial charge in [-0.15, -0.1) is 0 Å². The third-order valence-electron chi connectivity index (χ3n) is 3.28. The summed E-state index contributed by atoms with van der Waals surface area (Å²) in [6.45, 7) is 2.23. The number of aromatic amines is 1. The first kappa shape index (κ1) is 14.7. The summed E-state index contributed by atoms with van der Waals surface area (Å²) >= 11 is 0. The number of nitrogens with one attached hydrogen (secondary N) is 1. The Hall–Kier alpha value is -1.75. The first-order chi connectivity index (χ1) is 9.61. The van der Waals surface area contributed by atoms with Gasteiger partial charge in [0.15, 0.2) is 0 Å². The van der Waals surface area contributed by atoms with E-state index in [1.807, 2.05) is 0 Å². The number of nitrogens with two attached hydrogens (primary N) is 1. The van der Waals surface area contributed by atoms with Crippen LogP contribution in [0.15, 0.2) is 18.3 Å². The Morgan fingerprint density at radius 3 is 2.70 bits per heavy atom. The van der Waals surface area contributed by atoms with Gasteiger partial charge in [0, 0.05) is 12.0 Å². The molecular weight excluding hydrogens is 260 g/mol. The zero-order valence-electron chi connectivity index (χ0n) is 11.5. The molecule has 0 aliphatic rings. The molecule has 0 fully saturated rings. The van der Waals surface area contributed by atoms with E-state index >= 15 is 0 Å². The second-order valence-electron chi connectivity index (χ2n) is 4.92. The molecule has 3 nitrogen and oxygen atoms in total. The topological polar surface area (TPSA) is 54.7 Å². The molecule has 0 saturated heterocycles. The maximum absolute atomic E-state index is 13.8. The molecule has 3 N–H and O–H groups in total. The lowest BCUT2D eigenvalue weighted by molar-refractivity contribution is 0.595. The molecule has 0 aliphatic heterocycles. The van der Waals surface area contributed by atoms with E-state index < -0.39 is 11.6 Å². The van der Waals surface area contributed by atoms with Crippen LogP contribution in [-0.2, 0) is 6.42 Å². The van der Waals surface area contributed by atoms with Crippen LogP contribution in [-0.4, -0.2) is 16.5 Å². The Kier molecular flexibility index (Phi) is 4.84. The van der Waals surface area contributed by atoms with Gasteiger partial charge in [-0.2, -0.15) is 0 Å². The monoisotopic (exact) mass is 279 g/mol. The van der Waals surface area contributed by atoms with Gasteiger partial charge in [-0.25, -0.2) is 13.8 Å². The molecule has 0 saturated carbocycles. The molecule has 0 radical (unpaired) electrons. The summed E-state index contributed by atoms with van der Waals surface area (Å²) in [4.78, 5) is 7.25. The Morgan fingerprint density at radius 2 is 1.95 bits per heavy atom. The van der Waals surface area contributed by atoms with Crippen LogP contribution >= 0.6 is 0 Å². The van der Waals surface area contributed by atoms with Gasteiger partial charge in [-0.1, -0.05) is 6.42 Å². The van der Waals surface area contributed by atoms with Crippen molar-refractivity contribution in [1.82, 2.24) is 9.97 Å². The van der Waals surface area contributed by atoms with Gasteiger partial charge in [-0.05, 0) is 44.0 Å². The van der Waals surface area contributed by atoms with Crippen molar-refractivity contribution in [2.24, 2.45) is 5.73 Å². The Morgan fingerprint density at radius 1 is 1.15 bits per heavy atom. The van der Waals surface area contributed by atoms with E-state index in [1.165, 1.54) is 19.1 Å². The van der Waals surface area contributed by atoms with Gasteiger partial charge in [0.05, 0.1) is 11.9 Å². The first-order valence-electron chi connectivity index (χ1n) is 6.81. The molecule has 1 aromatic heterocycles. The molecular formula is C15H19F2N3. The number of benzene rings is 1. The van der Waals surface area contributed by atoms with Crippen LogP contribution in [0.1, 0.15) is 30.7 Å². The SMILES string of the molecule is Cc1cc(F)c(-c2cnc(CCCCCN)[nH]2)cc1F. The van der Waals surface area contributed by atoms with E-state index in [4.69, 9.17) is 5.73 Å². The quantitative estimate of drug-likeness (QED) is 0.797. The maximum Gasteiger partial charge on any atom is 0.133 e. The van der Waals surface area contributed by atoms with Crippen molar-refractivity contribution < 1.29 is 8.78 Å². The first-order valence-corrected chi connectivity index (χ1v) is 6.81. The van der Waals surface area contributed by atoms with Gasteiger partial charge in [0.2, 0.25) is 0 Å². The van der Waals surface area contributed by atoms with Crippen molar-refractivity contribution in [2.75, 3.05) is 6.54 Å². The lowest BCUT2D eigenvalue weighted by Crippen LogP contribution is -1.98. The lowest BCUT2D eigenvalue weighted by atomic mass is 10.1. The van der Waals surface area contributed by atoms with Crippen molar-refractivity contribution >= 4 is 0 Å². The highest BCUT2D eigenvalue weighted by Gasteiger charge is 2.11. The Bertz CT molecular complexity index is 578. The molecule has 20 heavy (non-hydrogen) atoms. The Labute approximate surface area is 117 Å². The third kappa shape index (κ3) is 3.42. The fourth-order valence-electron chi connectivity index (χ4n) is 2.09. The average molecular weight is 279 g/mol. The second kappa shape index (κ2) is 6.61. The summed E-state index contributed by atoms with van der Waals surface area (Å²) in [5.74, 6) is -0.0693. The number of hydrogen-bond acceptors (Lipinski definition) is 2. The summed E-state index contributed by atoms with van der Waals surface area (Å²) in [6, 6.07) is 2.41. The summed E-state index contributed by atoms with van der Waals surface area (Å²) in [6.07, 6.45) is 5.35. The van der Waals surface area contributed by atoms with Crippen molar-refractivity contribution in [1.29, 1.82) is 0 Å². The normalized spacial score (nSPS) is 11.0. The number of H-pyrrole nitrogens is 1. The zero-order chi connectivity index (χ0) is 14.5. The molecule has 2 rings (SSSR count). The van der Waals surface area contributed by atoms with Crippen LogP contribution in [0.4, 0.5) is 8.78 Å². The van der Waals surface area contributed by atoms with Crippen LogP contribution in [0.2, 0.25) is 0 Å². The molecule has 0 aliphatic carbocycles. The van der Waals surface area contributed by atoms with Gasteiger partial charge < -0.3 is 10.7 Å². The third-order valence-corrected chi connectivity index (χ3v) is 3.28. The number of rotatable bonds is 6. The number of imidazole rings is 1. The van der Waals surface area contributed by atoms with Gasteiger partial charge >= 0.3 is 0 Å². The summed E-state index contributed by atoms with van der Waals surface area (Å²) in [7, 11) is 0. The van der Waals surface area contributed by atoms with Gasteiger partial charge in [0.1, 0.15) is 17.5 Å². The second-order valence-corrected chi connectivity index (χ2v) is 4.92. The summed E-state index contributed by atoms with van der Waals surface area (Å²) in [5.41, 5.74) is 6.46. The van der Waals surface area contributed by atoms with Crippen molar-refractivity contribution in [3.05, 3.63) is 41.4 Å². The largest absolute Gasteiger partial charge is 0.342 e. The standard InChI is InChI=1S/C15H19F2N3/c1-10-7-13(17)11(8-12(10)16)14-9-19-15(20-14)5-3-2-4-6-18/h7-9H,2-6,18H2,1H3,(H,19,20). The number of unbranched alkanes of at least 4 members (excludes halogenated alkanes) is 2. The number of aryl methyl sites for hydroxylation is 2. The molecule has 1 heterocycles. The number of nitrogens with zero attached hydrogens (tertiary/aromatic N) is 1. The van der Waals surface area contributed by atoms with Crippen LogP contribution in [0.3, 0.4) is 0 Å². The van der Waals surface area contributed by atoms with Crippen molar-refractivity contribution in [2.45, 2.75) is 32.6 Å². The highest BCUT2D eigenvalue weighted by atomic mass is 19.1. The fourth-order valence-corrected chi connectivity index (χ4v) is 2.09. The van der Waals surface area contributed by atoms with E-state index in [9.17, 15) is 8.78 Å². The molecule has 1 aromatic carbocycles. The van der Waals surface area contributed by atoms with Crippen LogP contribution < -0.4 is 5.73 Å². The number of aromatic nitrogens is 2. The minimum atomic E-state index is -0.442. The van der Waals surface area contributed by atoms with Gasteiger partial charge in [-0.3, -0.25) is 0 Å². The van der Waals surface area contributed by atoms with Crippen LogP contribution in [0, 0.1) is 18.6 Å².